The molecule has 1 saturated heterocycles. The molecule has 0 saturated carbocycles. The van der Waals surface area contributed by atoms with E-state index in [4.69, 9.17) is 18.9 Å². The molecule has 0 aliphatic carbocycles. The number of ether oxygens (including phenoxy) is 4. The van der Waals surface area contributed by atoms with Gasteiger partial charge in [0.1, 0.15) is 24.6 Å². The molecule has 168 valence electrons. The van der Waals surface area contributed by atoms with Crippen LogP contribution in [0.2, 0.25) is 0 Å². The van der Waals surface area contributed by atoms with Crippen LogP contribution in [0.5, 0.6) is 0 Å². The molecule has 0 N–H and O–H groups in total. The Balaban J connectivity index is 1.86. The van der Waals surface area contributed by atoms with Gasteiger partial charge in [-0.25, -0.2) is 15.0 Å². The molecule has 2 aromatic heterocycles. The zero-order valence-electron chi connectivity index (χ0n) is 17.6. The lowest BCUT2D eigenvalue weighted by Crippen LogP contribution is -2.39. The van der Waals surface area contributed by atoms with Crippen molar-refractivity contribution < 1.29 is 33.3 Å². The fraction of sp³-hybridized carbons (Fsp3) is 0.579. The molecule has 31 heavy (non-hydrogen) atoms. The van der Waals surface area contributed by atoms with E-state index in [1.165, 1.54) is 45.2 Å². The van der Waals surface area contributed by atoms with E-state index in [2.05, 4.69) is 15.0 Å². The molecule has 0 unspecified atom stereocenters. The van der Waals surface area contributed by atoms with E-state index in [1.54, 1.807) is 4.57 Å². The SMILES string of the molecule is CC(=O)OCCSC[C@H]1O[C@@H](n2cnc3c(C)ncnc32)[C@H](OC(C)=O)[C@@H]1OC(C)=O. The highest BCUT2D eigenvalue weighted by Crippen LogP contribution is 2.37. The van der Waals surface area contributed by atoms with Crippen molar-refractivity contribution in [2.24, 2.45) is 0 Å². The lowest BCUT2D eigenvalue weighted by Gasteiger charge is -2.23. The third-order valence-corrected chi connectivity index (χ3v) is 5.54. The Labute approximate surface area is 182 Å². The van der Waals surface area contributed by atoms with Crippen LogP contribution in [0.25, 0.3) is 11.2 Å². The van der Waals surface area contributed by atoms with E-state index >= 15 is 0 Å². The van der Waals surface area contributed by atoms with Gasteiger partial charge in [-0.05, 0) is 6.92 Å². The van der Waals surface area contributed by atoms with Crippen LogP contribution in [-0.4, -0.2) is 73.9 Å². The highest BCUT2D eigenvalue weighted by Gasteiger charge is 2.50. The topological polar surface area (TPSA) is 132 Å². The number of fused-ring (bicyclic) bond motifs is 1. The second-order valence-corrected chi connectivity index (χ2v) is 8.06. The van der Waals surface area contributed by atoms with Gasteiger partial charge in [-0.1, -0.05) is 0 Å². The maximum absolute atomic E-state index is 11.8. The van der Waals surface area contributed by atoms with Crippen LogP contribution >= 0.6 is 11.8 Å². The summed E-state index contributed by atoms with van der Waals surface area (Å²) in [6.07, 6.45) is -0.139. The van der Waals surface area contributed by atoms with Gasteiger partial charge in [0.15, 0.2) is 24.1 Å². The van der Waals surface area contributed by atoms with E-state index in [9.17, 15) is 14.4 Å². The normalized spacial score (nSPS) is 23.0. The van der Waals surface area contributed by atoms with Crippen LogP contribution in [0.4, 0.5) is 0 Å². The fourth-order valence-corrected chi connectivity index (χ4v) is 4.18. The van der Waals surface area contributed by atoms with Crippen molar-refractivity contribution in [3.8, 4) is 0 Å². The van der Waals surface area contributed by atoms with E-state index in [0.717, 1.165) is 0 Å². The zero-order valence-corrected chi connectivity index (χ0v) is 18.5. The van der Waals surface area contributed by atoms with Gasteiger partial charge >= 0.3 is 17.9 Å². The first-order valence-electron chi connectivity index (χ1n) is 9.63. The molecule has 4 atom stereocenters. The molecule has 1 aliphatic heterocycles. The molecule has 1 fully saturated rings. The maximum atomic E-state index is 11.8. The molecule has 0 amide bonds. The zero-order chi connectivity index (χ0) is 22.5. The third kappa shape index (κ3) is 5.50. The van der Waals surface area contributed by atoms with Gasteiger partial charge < -0.3 is 18.9 Å². The number of hydrogen-bond acceptors (Lipinski definition) is 11. The van der Waals surface area contributed by atoms with Crippen molar-refractivity contribution in [1.82, 2.24) is 19.5 Å². The number of esters is 3. The number of carbonyl (C=O) groups is 3. The molecular formula is C19H24N4O7S. The van der Waals surface area contributed by atoms with Crippen LogP contribution in [0.1, 0.15) is 32.7 Å². The molecule has 11 nitrogen and oxygen atoms in total. The van der Waals surface area contributed by atoms with Gasteiger partial charge in [-0.3, -0.25) is 19.0 Å². The first-order chi connectivity index (χ1) is 14.8. The van der Waals surface area contributed by atoms with Crippen molar-refractivity contribution in [3.05, 3.63) is 18.3 Å². The molecule has 2 aromatic rings. The van der Waals surface area contributed by atoms with Gasteiger partial charge in [0.25, 0.3) is 0 Å². The minimum Gasteiger partial charge on any atom is -0.465 e. The van der Waals surface area contributed by atoms with Gasteiger partial charge in [0, 0.05) is 32.3 Å². The summed E-state index contributed by atoms with van der Waals surface area (Å²) in [6, 6.07) is 0. The summed E-state index contributed by atoms with van der Waals surface area (Å²) in [5.74, 6) is -0.442. The van der Waals surface area contributed by atoms with Crippen LogP contribution in [0.15, 0.2) is 12.7 Å². The summed E-state index contributed by atoms with van der Waals surface area (Å²) in [6.45, 7) is 5.97. The van der Waals surface area contributed by atoms with Crippen LogP contribution < -0.4 is 0 Å². The largest absolute Gasteiger partial charge is 0.465 e. The lowest BCUT2D eigenvalue weighted by atomic mass is 10.1. The number of carbonyl (C=O) groups excluding carboxylic acids is 3. The highest BCUT2D eigenvalue weighted by molar-refractivity contribution is 7.99. The molecular weight excluding hydrogens is 428 g/mol. The molecule has 0 radical (unpaired) electrons. The number of aryl methyl sites for hydroxylation is 1. The predicted molar refractivity (Wildman–Crippen MR) is 109 cm³/mol. The Kier molecular flexibility index (Phi) is 7.44. The van der Waals surface area contributed by atoms with Crippen molar-refractivity contribution in [1.29, 1.82) is 0 Å². The molecule has 0 spiro atoms. The molecule has 1 aliphatic rings. The first-order valence-corrected chi connectivity index (χ1v) is 10.8. The van der Waals surface area contributed by atoms with Gasteiger partial charge in [-0.15, -0.1) is 0 Å². The van der Waals surface area contributed by atoms with Crippen LogP contribution in [-0.2, 0) is 33.3 Å². The van der Waals surface area contributed by atoms with Gasteiger partial charge in [-0.2, -0.15) is 11.8 Å². The Hall–Kier alpha value is -2.73. The Morgan fingerprint density at radius 1 is 1.06 bits per heavy atom. The Morgan fingerprint density at radius 2 is 1.77 bits per heavy atom. The number of aromatic nitrogens is 4. The summed E-state index contributed by atoms with van der Waals surface area (Å²) >= 11 is 1.47. The smallest absolute Gasteiger partial charge is 0.303 e. The number of hydrogen-bond donors (Lipinski definition) is 0. The summed E-state index contributed by atoms with van der Waals surface area (Å²) in [5.41, 5.74) is 1.80. The number of rotatable bonds is 8. The average Bonchev–Trinajstić information content (AvgIpc) is 3.24. The van der Waals surface area contributed by atoms with Crippen molar-refractivity contribution >= 4 is 40.8 Å². The standard InChI is InChI=1S/C19H24N4O7S/c1-10-15-18(21-8-20-10)23(9-22-15)19-17(29-13(4)26)16(28-12(3)25)14(30-19)7-31-6-5-27-11(2)24/h8-9,14,16-17,19H,5-7H2,1-4H3/t14-,16-,17-,19-/m1/s1. The quantitative estimate of drug-likeness (QED) is 0.325. The van der Waals surface area contributed by atoms with Gasteiger partial charge in [0.2, 0.25) is 0 Å². The van der Waals surface area contributed by atoms with E-state index in [0.29, 0.717) is 28.4 Å². The third-order valence-electron chi connectivity index (χ3n) is 4.52. The minimum absolute atomic E-state index is 0.254. The maximum Gasteiger partial charge on any atom is 0.303 e. The van der Waals surface area contributed by atoms with Crippen molar-refractivity contribution in [2.75, 3.05) is 18.1 Å². The van der Waals surface area contributed by atoms with Crippen molar-refractivity contribution in [3.63, 3.8) is 0 Å². The second kappa shape index (κ2) is 10.1. The lowest BCUT2D eigenvalue weighted by molar-refractivity contribution is -0.165. The second-order valence-electron chi connectivity index (χ2n) is 6.91. The van der Waals surface area contributed by atoms with Crippen molar-refractivity contribution in [2.45, 2.75) is 52.2 Å². The summed E-state index contributed by atoms with van der Waals surface area (Å²) in [7, 11) is 0. The van der Waals surface area contributed by atoms with Gasteiger partial charge in [0.05, 0.1) is 12.0 Å². The van der Waals surface area contributed by atoms with Crippen LogP contribution in [0.3, 0.4) is 0 Å². The minimum atomic E-state index is -0.895. The average molecular weight is 452 g/mol. The Morgan fingerprint density at radius 3 is 2.45 bits per heavy atom. The molecule has 0 bridgehead atoms. The molecule has 12 heteroatoms. The van der Waals surface area contributed by atoms with E-state index in [-0.39, 0.29) is 12.6 Å². The summed E-state index contributed by atoms with van der Waals surface area (Å²) in [4.78, 5) is 47.2. The summed E-state index contributed by atoms with van der Waals surface area (Å²) < 4.78 is 23.8. The number of imidazole rings is 1. The van der Waals surface area contributed by atoms with E-state index < -0.39 is 36.5 Å². The molecule has 3 rings (SSSR count). The van der Waals surface area contributed by atoms with E-state index in [1.807, 2.05) is 6.92 Å². The molecule has 0 aromatic carbocycles. The highest BCUT2D eigenvalue weighted by atomic mass is 32.2. The summed E-state index contributed by atoms with van der Waals surface area (Å²) in [5, 5.41) is 0. The predicted octanol–water partition coefficient (Wildman–Crippen LogP) is 1.19. The first kappa shape index (κ1) is 22.9. The monoisotopic (exact) mass is 452 g/mol. The number of thioether (sulfide) groups is 1. The van der Waals surface area contributed by atoms with Crippen LogP contribution in [0, 0.1) is 6.92 Å². The fourth-order valence-electron chi connectivity index (χ4n) is 3.32. The number of nitrogens with zero attached hydrogens (tertiary/aromatic N) is 4. The Bertz CT molecular complexity index is 966. The molecule has 3 heterocycles.